The molecule has 4 rings (SSSR count). The Morgan fingerprint density at radius 2 is 1.81 bits per heavy atom. The smallest absolute Gasteiger partial charge is 0.134 e. The standard InChI is InChI=1S/C19H18N2/c1-19-16(11-7-13-21(19)2)18-15(10-6-12-17(18)20-19)14-8-4-3-5-9-14/h3-13,20H,1-2H3. The van der Waals surface area contributed by atoms with Crippen molar-refractivity contribution in [2.75, 3.05) is 12.4 Å². The van der Waals surface area contributed by atoms with Crippen LogP contribution in [0.2, 0.25) is 0 Å². The molecule has 0 radical (unpaired) electrons. The number of likely N-dealkylation sites (N-methyl/N-ethyl adjacent to an activating group) is 1. The van der Waals surface area contributed by atoms with Crippen LogP contribution in [0.15, 0.2) is 66.9 Å². The molecule has 0 aromatic heterocycles. The molecule has 0 amide bonds. The molecule has 2 nitrogen and oxygen atoms in total. The van der Waals surface area contributed by atoms with Crippen molar-refractivity contribution in [2.24, 2.45) is 0 Å². The minimum absolute atomic E-state index is 0.165. The summed E-state index contributed by atoms with van der Waals surface area (Å²) in [6.07, 6.45) is 6.46. The van der Waals surface area contributed by atoms with Gasteiger partial charge in [-0.1, -0.05) is 48.5 Å². The van der Waals surface area contributed by atoms with Gasteiger partial charge in [-0.15, -0.1) is 0 Å². The third-order valence-electron chi connectivity index (χ3n) is 4.60. The summed E-state index contributed by atoms with van der Waals surface area (Å²) in [7, 11) is 2.12. The number of nitrogens with zero attached hydrogens (tertiary/aromatic N) is 1. The first-order chi connectivity index (χ1) is 10.2. The molecule has 2 aromatic rings. The first kappa shape index (κ1) is 12.3. The zero-order chi connectivity index (χ0) is 14.4. The molecule has 0 saturated carbocycles. The number of hydrogen-bond donors (Lipinski definition) is 1. The van der Waals surface area contributed by atoms with E-state index in [1.54, 1.807) is 0 Å². The van der Waals surface area contributed by atoms with Crippen LogP contribution in [0, 0.1) is 0 Å². The normalized spacial score (nSPS) is 22.4. The van der Waals surface area contributed by atoms with Crippen LogP contribution in [0.25, 0.3) is 16.7 Å². The van der Waals surface area contributed by atoms with Crippen LogP contribution in [0.5, 0.6) is 0 Å². The van der Waals surface area contributed by atoms with E-state index in [4.69, 9.17) is 0 Å². The van der Waals surface area contributed by atoms with E-state index in [-0.39, 0.29) is 5.66 Å². The van der Waals surface area contributed by atoms with Crippen molar-refractivity contribution in [1.82, 2.24) is 4.90 Å². The summed E-state index contributed by atoms with van der Waals surface area (Å²) in [5.41, 5.74) is 6.25. The summed E-state index contributed by atoms with van der Waals surface area (Å²) in [4.78, 5) is 2.23. The van der Waals surface area contributed by atoms with Gasteiger partial charge in [0, 0.05) is 30.1 Å². The van der Waals surface area contributed by atoms with Crippen LogP contribution >= 0.6 is 0 Å². The van der Waals surface area contributed by atoms with E-state index in [0.29, 0.717) is 0 Å². The molecule has 1 N–H and O–H groups in total. The van der Waals surface area contributed by atoms with Crippen molar-refractivity contribution >= 4 is 11.3 Å². The van der Waals surface area contributed by atoms with E-state index in [2.05, 4.69) is 91.1 Å². The van der Waals surface area contributed by atoms with Gasteiger partial charge in [-0.2, -0.15) is 0 Å². The monoisotopic (exact) mass is 274 g/mol. The molecule has 0 aliphatic carbocycles. The lowest BCUT2D eigenvalue weighted by molar-refractivity contribution is 0.310. The second-order valence-electron chi connectivity index (χ2n) is 5.82. The second kappa shape index (κ2) is 4.26. The number of anilines is 1. The fourth-order valence-corrected chi connectivity index (χ4v) is 3.32. The summed E-state index contributed by atoms with van der Waals surface area (Å²) >= 11 is 0. The second-order valence-corrected chi connectivity index (χ2v) is 5.82. The maximum absolute atomic E-state index is 3.68. The van der Waals surface area contributed by atoms with Gasteiger partial charge in [0.25, 0.3) is 0 Å². The number of benzene rings is 2. The van der Waals surface area contributed by atoms with Crippen molar-refractivity contribution in [1.29, 1.82) is 0 Å². The van der Waals surface area contributed by atoms with Crippen molar-refractivity contribution in [3.63, 3.8) is 0 Å². The lowest BCUT2D eigenvalue weighted by atomic mass is 9.89. The van der Waals surface area contributed by atoms with Gasteiger partial charge in [0.1, 0.15) is 5.66 Å². The minimum Gasteiger partial charge on any atom is -0.359 e. The van der Waals surface area contributed by atoms with E-state index in [0.717, 1.165) is 0 Å². The fraction of sp³-hybridized carbons (Fsp3) is 0.158. The number of hydrogen-bond acceptors (Lipinski definition) is 2. The number of fused-ring (bicyclic) bond motifs is 3. The van der Waals surface area contributed by atoms with E-state index >= 15 is 0 Å². The Morgan fingerprint density at radius 3 is 2.62 bits per heavy atom. The number of rotatable bonds is 1. The molecule has 2 aliphatic rings. The van der Waals surface area contributed by atoms with Crippen LogP contribution in [0.1, 0.15) is 12.5 Å². The average Bonchev–Trinajstić information content (AvgIpc) is 2.82. The highest BCUT2D eigenvalue weighted by atomic mass is 15.3. The quantitative estimate of drug-likeness (QED) is 0.832. The summed E-state index contributed by atoms with van der Waals surface area (Å²) in [6, 6.07) is 17.1. The Morgan fingerprint density at radius 1 is 1.00 bits per heavy atom. The first-order valence-corrected chi connectivity index (χ1v) is 7.29. The van der Waals surface area contributed by atoms with E-state index in [1.165, 1.54) is 28.0 Å². The molecular weight excluding hydrogens is 256 g/mol. The number of allylic oxidation sites excluding steroid dienone is 2. The Hall–Kier alpha value is -2.48. The van der Waals surface area contributed by atoms with Gasteiger partial charge in [-0.25, -0.2) is 0 Å². The zero-order valence-electron chi connectivity index (χ0n) is 12.3. The van der Waals surface area contributed by atoms with Crippen LogP contribution in [-0.2, 0) is 0 Å². The van der Waals surface area contributed by atoms with Gasteiger partial charge in [0.15, 0.2) is 0 Å². The molecule has 2 heterocycles. The van der Waals surface area contributed by atoms with Crippen LogP contribution in [0.3, 0.4) is 0 Å². The van der Waals surface area contributed by atoms with Gasteiger partial charge in [0.05, 0.1) is 0 Å². The fourth-order valence-electron chi connectivity index (χ4n) is 3.32. The number of nitrogens with one attached hydrogen (secondary N) is 1. The molecule has 0 fully saturated rings. The lowest BCUT2D eigenvalue weighted by Crippen LogP contribution is -2.46. The lowest BCUT2D eigenvalue weighted by Gasteiger charge is -2.38. The van der Waals surface area contributed by atoms with Crippen LogP contribution < -0.4 is 5.32 Å². The molecule has 0 bridgehead atoms. The first-order valence-electron chi connectivity index (χ1n) is 7.29. The minimum atomic E-state index is -0.165. The predicted octanol–water partition coefficient (Wildman–Crippen LogP) is 4.34. The molecule has 1 atom stereocenters. The third kappa shape index (κ3) is 1.65. The maximum atomic E-state index is 3.68. The summed E-state index contributed by atoms with van der Waals surface area (Å²) in [6.45, 7) is 2.23. The van der Waals surface area contributed by atoms with Gasteiger partial charge in [-0.3, -0.25) is 0 Å². The van der Waals surface area contributed by atoms with Crippen molar-refractivity contribution in [3.8, 4) is 11.1 Å². The van der Waals surface area contributed by atoms with E-state index in [9.17, 15) is 0 Å². The molecule has 2 aromatic carbocycles. The molecule has 104 valence electrons. The van der Waals surface area contributed by atoms with Gasteiger partial charge >= 0.3 is 0 Å². The van der Waals surface area contributed by atoms with Crippen LogP contribution in [0.4, 0.5) is 5.69 Å². The molecule has 21 heavy (non-hydrogen) atoms. The highest BCUT2D eigenvalue weighted by Crippen LogP contribution is 2.48. The summed E-state index contributed by atoms with van der Waals surface area (Å²) < 4.78 is 0. The molecule has 1 unspecified atom stereocenters. The summed E-state index contributed by atoms with van der Waals surface area (Å²) in [5.74, 6) is 0. The van der Waals surface area contributed by atoms with Crippen molar-refractivity contribution < 1.29 is 0 Å². The highest BCUT2D eigenvalue weighted by molar-refractivity contribution is 5.97. The largest absolute Gasteiger partial charge is 0.359 e. The molecule has 0 saturated heterocycles. The molecule has 2 heteroatoms. The van der Waals surface area contributed by atoms with E-state index in [1.807, 2.05) is 0 Å². The Kier molecular flexibility index (Phi) is 2.49. The van der Waals surface area contributed by atoms with Crippen molar-refractivity contribution in [3.05, 3.63) is 72.4 Å². The summed E-state index contributed by atoms with van der Waals surface area (Å²) in [5, 5.41) is 3.68. The van der Waals surface area contributed by atoms with Gasteiger partial charge in [-0.05, 0) is 30.2 Å². The molecular formula is C19H18N2. The predicted molar refractivity (Wildman–Crippen MR) is 88.8 cm³/mol. The van der Waals surface area contributed by atoms with Crippen LogP contribution in [-0.4, -0.2) is 17.6 Å². The zero-order valence-corrected chi connectivity index (χ0v) is 12.3. The Labute approximate surface area is 125 Å². The molecule has 0 spiro atoms. The topological polar surface area (TPSA) is 15.3 Å². The van der Waals surface area contributed by atoms with Gasteiger partial charge < -0.3 is 10.2 Å². The Balaban J connectivity index is 1.96. The maximum Gasteiger partial charge on any atom is 0.134 e. The van der Waals surface area contributed by atoms with E-state index < -0.39 is 0 Å². The molecule has 2 aliphatic heterocycles. The van der Waals surface area contributed by atoms with Crippen molar-refractivity contribution in [2.45, 2.75) is 12.6 Å². The third-order valence-corrected chi connectivity index (χ3v) is 4.60. The van der Waals surface area contributed by atoms with Gasteiger partial charge in [0.2, 0.25) is 0 Å². The Bertz CT molecular complexity index is 758. The average molecular weight is 274 g/mol. The highest BCUT2D eigenvalue weighted by Gasteiger charge is 2.41. The SMILES string of the molecule is CN1C=CC=C2c3c(cccc3-c3ccccc3)NC21C.